The van der Waals surface area contributed by atoms with E-state index < -0.39 is 47.6 Å². The summed E-state index contributed by atoms with van der Waals surface area (Å²) in [6, 6.07) is 9.17. The number of nitrogens with one attached hydrogen (secondary N) is 3. The fraction of sp³-hybridized carbons (Fsp3) is 0.238. The number of nitrogens with zero attached hydrogens (tertiary/aromatic N) is 1. The molecule has 0 atom stereocenters. The van der Waals surface area contributed by atoms with E-state index >= 15 is 0 Å². The van der Waals surface area contributed by atoms with Crippen molar-refractivity contribution in [2.24, 2.45) is 0 Å². The standard InChI is InChI=1S/C21H19F3N4O4/c1-20(2)18(31)28(19(32)27-20)11-16(29)25-14-7-3-5-12(9-14)17(30)26-15-8-4-6-13(10-15)21(22,23)24/h3-10H,11H2,1-2H3,(H,25,29)(H,26,30)(H,27,32). The number of alkyl halides is 3. The molecule has 1 heterocycles. The van der Waals surface area contributed by atoms with Crippen LogP contribution in [0, 0.1) is 0 Å². The third-order valence-corrected chi connectivity index (χ3v) is 4.60. The van der Waals surface area contributed by atoms with Gasteiger partial charge in [0.25, 0.3) is 11.8 Å². The number of carbonyl (C=O) groups excluding carboxylic acids is 4. The summed E-state index contributed by atoms with van der Waals surface area (Å²) in [5, 5.41) is 7.31. The van der Waals surface area contributed by atoms with E-state index in [9.17, 15) is 32.3 Å². The van der Waals surface area contributed by atoms with Gasteiger partial charge in [-0.15, -0.1) is 0 Å². The molecule has 168 valence electrons. The largest absolute Gasteiger partial charge is 0.416 e. The molecule has 0 spiro atoms. The molecule has 2 aromatic rings. The minimum atomic E-state index is -4.55. The Morgan fingerprint density at radius 1 is 1.00 bits per heavy atom. The van der Waals surface area contributed by atoms with Gasteiger partial charge in [-0.2, -0.15) is 13.2 Å². The van der Waals surface area contributed by atoms with Crippen LogP contribution >= 0.6 is 0 Å². The van der Waals surface area contributed by atoms with Crippen LogP contribution in [0.25, 0.3) is 0 Å². The molecule has 1 saturated heterocycles. The molecular weight excluding hydrogens is 429 g/mol. The number of urea groups is 1. The molecule has 32 heavy (non-hydrogen) atoms. The number of benzene rings is 2. The number of halogens is 3. The number of anilines is 2. The van der Waals surface area contributed by atoms with Gasteiger partial charge in [0, 0.05) is 16.9 Å². The molecule has 11 heteroatoms. The van der Waals surface area contributed by atoms with Gasteiger partial charge in [0.05, 0.1) is 5.56 Å². The van der Waals surface area contributed by atoms with Crippen molar-refractivity contribution in [1.29, 1.82) is 0 Å². The van der Waals surface area contributed by atoms with E-state index in [0.717, 1.165) is 17.0 Å². The monoisotopic (exact) mass is 448 g/mol. The third kappa shape index (κ3) is 5.05. The Hall–Kier alpha value is -3.89. The number of imide groups is 1. The highest BCUT2D eigenvalue weighted by molar-refractivity contribution is 6.10. The summed E-state index contributed by atoms with van der Waals surface area (Å²) in [6.07, 6.45) is -4.55. The van der Waals surface area contributed by atoms with Crippen LogP contribution in [0.15, 0.2) is 48.5 Å². The fourth-order valence-corrected chi connectivity index (χ4v) is 3.02. The highest BCUT2D eigenvalue weighted by Crippen LogP contribution is 2.30. The summed E-state index contributed by atoms with van der Waals surface area (Å²) >= 11 is 0. The van der Waals surface area contributed by atoms with Gasteiger partial charge in [-0.3, -0.25) is 19.3 Å². The molecule has 1 aliphatic heterocycles. The summed E-state index contributed by atoms with van der Waals surface area (Å²) in [4.78, 5) is 49.5. The minimum absolute atomic E-state index is 0.0413. The van der Waals surface area contributed by atoms with Crippen molar-refractivity contribution in [2.45, 2.75) is 25.6 Å². The number of amides is 5. The molecule has 0 aromatic heterocycles. The average Bonchev–Trinajstić information content (AvgIpc) is 2.89. The van der Waals surface area contributed by atoms with Crippen molar-refractivity contribution in [3.8, 4) is 0 Å². The summed E-state index contributed by atoms with van der Waals surface area (Å²) in [6.45, 7) is 2.50. The number of rotatable bonds is 5. The summed E-state index contributed by atoms with van der Waals surface area (Å²) in [5.74, 6) is -1.90. The average molecular weight is 448 g/mol. The van der Waals surface area contributed by atoms with Crippen LogP contribution in [0.5, 0.6) is 0 Å². The zero-order chi connectivity index (χ0) is 23.7. The van der Waals surface area contributed by atoms with Crippen LogP contribution in [0.3, 0.4) is 0 Å². The highest BCUT2D eigenvalue weighted by atomic mass is 19.4. The van der Waals surface area contributed by atoms with E-state index in [1.807, 2.05) is 0 Å². The Kier molecular flexibility index (Phi) is 5.93. The lowest BCUT2D eigenvalue weighted by atomic mass is 10.1. The Bertz CT molecular complexity index is 1100. The van der Waals surface area contributed by atoms with Crippen LogP contribution in [-0.2, 0) is 15.8 Å². The molecule has 1 aliphatic rings. The van der Waals surface area contributed by atoms with Gasteiger partial charge in [-0.25, -0.2) is 4.79 Å². The highest BCUT2D eigenvalue weighted by Gasteiger charge is 2.44. The summed E-state index contributed by atoms with van der Waals surface area (Å²) < 4.78 is 38.5. The molecule has 0 radical (unpaired) electrons. The second kappa shape index (κ2) is 8.33. The Labute approximate surface area is 180 Å². The maximum Gasteiger partial charge on any atom is 0.416 e. The topological polar surface area (TPSA) is 108 Å². The van der Waals surface area contributed by atoms with Gasteiger partial charge in [0.2, 0.25) is 5.91 Å². The van der Waals surface area contributed by atoms with E-state index in [0.29, 0.717) is 0 Å². The quantitative estimate of drug-likeness (QED) is 0.611. The lowest BCUT2D eigenvalue weighted by Gasteiger charge is -2.16. The predicted octanol–water partition coefficient (Wildman–Crippen LogP) is 3.23. The Morgan fingerprint density at radius 3 is 2.22 bits per heavy atom. The zero-order valence-corrected chi connectivity index (χ0v) is 17.0. The first-order valence-corrected chi connectivity index (χ1v) is 9.39. The van der Waals surface area contributed by atoms with Crippen molar-refractivity contribution in [3.63, 3.8) is 0 Å². The molecule has 8 nitrogen and oxygen atoms in total. The molecule has 1 fully saturated rings. The molecule has 3 rings (SSSR count). The van der Waals surface area contributed by atoms with Crippen molar-refractivity contribution in [2.75, 3.05) is 17.2 Å². The van der Waals surface area contributed by atoms with E-state index in [-0.39, 0.29) is 16.9 Å². The number of hydrogen-bond donors (Lipinski definition) is 3. The summed E-state index contributed by atoms with van der Waals surface area (Å²) in [7, 11) is 0. The van der Waals surface area contributed by atoms with Crippen molar-refractivity contribution >= 4 is 35.1 Å². The van der Waals surface area contributed by atoms with Gasteiger partial charge in [-0.1, -0.05) is 12.1 Å². The number of hydrogen-bond acceptors (Lipinski definition) is 4. The lowest BCUT2D eigenvalue weighted by molar-refractivity contribution is -0.137. The molecule has 2 aromatic carbocycles. The Morgan fingerprint density at radius 2 is 1.62 bits per heavy atom. The number of carbonyl (C=O) groups is 4. The van der Waals surface area contributed by atoms with Gasteiger partial charge in [0.1, 0.15) is 12.1 Å². The molecule has 0 unspecified atom stereocenters. The predicted molar refractivity (Wildman–Crippen MR) is 109 cm³/mol. The van der Waals surface area contributed by atoms with Crippen molar-refractivity contribution in [1.82, 2.24) is 10.2 Å². The first-order chi connectivity index (χ1) is 14.9. The lowest BCUT2D eigenvalue weighted by Crippen LogP contribution is -2.41. The van der Waals surface area contributed by atoms with Crippen LogP contribution < -0.4 is 16.0 Å². The van der Waals surface area contributed by atoms with E-state index in [1.165, 1.54) is 50.2 Å². The van der Waals surface area contributed by atoms with Gasteiger partial charge >= 0.3 is 12.2 Å². The molecule has 3 N–H and O–H groups in total. The van der Waals surface area contributed by atoms with Crippen LogP contribution in [0.1, 0.15) is 29.8 Å². The maximum absolute atomic E-state index is 12.8. The second-order valence-corrected chi connectivity index (χ2v) is 7.61. The molecule has 0 saturated carbocycles. The SMILES string of the molecule is CC1(C)NC(=O)N(CC(=O)Nc2cccc(C(=O)Nc3cccc(C(F)(F)F)c3)c2)C1=O. The maximum atomic E-state index is 12.8. The first-order valence-electron chi connectivity index (χ1n) is 9.39. The van der Waals surface area contributed by atoms with Crippen molar-refractivity contribution in [3.05, 3.63) is 59.7 Å². The molecular formula is C21H19F3N4O4. The molecule has 0 bridgehead atoms. The molecule has 5 amide bonds. The fourth-order valence-electron chi connectivity index (χ4n) is 3.02. The van der Waals surface area contributed by atoms with Gasteiger partial charge in [0.15, 0.2) is 0 Å². The van der Waals surface area contributed by atoms with Gasteiger partial charge < -0.3 is 16.0 Å². The zero-order valence-electron chi connectivity index (χ0n) is 17.0. The van der Waals surface area contributed by atoms with Crippen LogP contribution in [-0.4, -0.2) is 40.7 Å². The second-order valence-electron chi connectivity index (χ2n) is 7.61. The normalized spacial score (nSPS) is 15.3. The van der Waals surface area contributed by atoms with E-state index in [1.54, 1.807) is 0 Å². The molecule has 0 aliphatic carbocycles. The van der Waals surface area contributed by atoms with E-state index in [4.69, 9.17) is 0 Å². The van der Waals surface area contributed by atoms with Gasteiger partial charge in [-0.05, 0) is 50.2 Å². The third-order valence-electron chi connectivity index (χ3n) is 4.60. The first kappa shape index (κ1) is 22.8. The van der Waals surface area contributed by atoms with Crippen LogP contribution in [0.4, 0.5) is 29.3 Å². The van der Waals surface area contributed by atoms with E-state index in [2.05, 4.69) is 16.0 Å². The van der Waals surface area contributed by atoms with Crippen molar-refractivity contribution < 1.29 is 32.3 Å². The summed E-state index contributed by atoms with van der Waals surface area (Å²) in [5.41, 5.74) is -1.77. The van der Waals surface area contributed by atoms with Crippen LogP contribution in [0.2, 0.25) is 0 Å². The Balaban J connectivity index is 1.66. The smallest absolute Gasteiger partial charge is 0.325 e. The minimum Gasteiger partial charge on any atom is -0.325 e.